The minimum Gasteiger partial charge on any atom is -0.472 e. The Labute approximate surface area is 140 Å². The van der Waals surface area contributed by atoms with Crippen LogP contribution < -0.4 is 4.74 Å². The predicted octanol–water partition coefficient (Wildman–Crippen LogP) is 1.99. The van der Waals surface area contributed by atoms with Crippen molar-refractivity contribution in [1.82, 2.24) is 14.3 Å². The molecule has 1 saturated heterocycles. The van der Waals surface area contributed by atoms with Gasteiger partial charge in [0.15, 0.2) is 0 Å². The van der Waals surface area contributed by atoms with Crippen LogP contribution in [0.2, 0.25) is 0 Å². The fourth-order valence-electron chi connectivity index (χ4n) is 2.67. The van der Waals surface area contributed by atoms with Gasteiger partial charge in [-0.1, -0.05) is 18.2 Å². The summed E-state index contributed by atoms with van der Waals surface area (Å²) in [6.07, 6.45) is 5.69. The minimum atomic E-state index is -3.61. The summed E-state index contributed by atoms with van der Waals surface area (Å²) >= 11 is 0. The number of rotatable bonds is 5. The lowest BCUT2D eigenvalue weighted by atomic mass is 10.1. The first-order valence-electron chi connectivity index (χ1n) is 7.68. The maximum absolute atomic E-state index is 13.7. The molecule has 1 fully saturated rings. The molecule has 0 saturated carbocycles. The lowest BCUT2D eigenvalue weighted by molar-refractivity contribution is 0.124. The second-order valence-electron chi connectivity index (χ2n) is 5.63. The van der Waals surface area contributed by atoms with Crippen molar-refractivity contribution in [2.45, 2.75) is 24.7 Å². The van der Waals surface area contributed by atoms with Gasteiger partial charge >= 0.3 is 0 Å². The van der Waals surface area contributed by atoms with E-state index in [1.54, 1.807) is 12.3 Å². The molecule has 6 nitrogen and oxygen atoms in total. The van der Waals surface area contributed by atoms with Gasteiger partial charge in [-0.25, -0.2) is 17.8 Å². The van der Waals surface area contributed by atoms with Crippen molar-refractivity contribution in [3.05, 3.63) is 54.2 Å². The SMILES string of the molecule is O=S(=O)(Cc1ccccc1F)N1CCC[C@@H](Oc2cnccn2)C1. The van der Waals surface area contributed by atoms with E-state index in [2.05, 4.69) is 9.97 Å². The van der Waals surface area contributed by atoms with Crippen LogP contribution in [0.15, 0.2) is 42.9 Å². The van der Waals surface area contributed by atoms with Crippen LogP contribution in [0.3, 0.4) is 0 Å². The van der Waals surface area contributed by atoms with Crippen LogP contribution >= 0.6 is 0 Å². The molecule has 8 heteroatoms. The summed E-state index contributed by atoms with van der Waals surface area (Å²) in [5.41, 5.74) is 0.175. The molecule has 1 aromatic heterocycles. The average molecular weight is 351 g/mol. The van der Waals surface area contributed by atoms with Crippen LogP contribution in [-0.4, -0.2) is 41.9 Å². The summed E-state index contributed by atoms with van der Waals surface area (Å²) in [7, 11) is -3.61. The minimum absolute atomic E-state index is 0.175. The first-order valence-corrected chi connectivity index (χ1v) is 9.29. The maximum atomic E-state index is 13.7. The van der Waals surface area contributed by atoms with Crippen molar-refractivity contribution in [2.24, 2.45) is 0 Å². The summed E-state index contributed by atoms with van der Waals surface area (Å²) in [6, 6.07) is 5.92. The van der Waals surface area contributed by atoms with Crippen LogP contribution in [0.25, 0.3) is 0 Å². The Morgan fingerprint density at radius 2 is 2.12 bits per heavy atom. The number of hydrogen-bond acceptors (Lipinski definition) is 5. The smallest absolute Gasteiger partial charge is 0.232 e. The van der Waals surface area contributed by atoms with Gasteiger partial charge in [0.2, 0.25) is 15.9 Å². The Hall–Kier alpha value is -2.06. The highest BCUT2D eigenvalue weighted by Crippen LogP contribution is 2.21. The topological polar surface area (TPSA) is 72.4 Å². The predicted molar refractivity (Wildman–Crippen MR) is 86.3 cm³/mol. The molecule has 3 rings (SSSR count). The van der Waals surface area contributed by atoms with Gasteiger partial charge in [0, 0.05) is 24.5 Å². The molecule has 0 bridgehead atoms. The van der Waals surface area contributed by atoms with Gasteiger partial charge in [-0.2, -0.15) is 4.31 Å². The molecule has 1 aromatic carbocycles. The van der Waals surface area contributed by atoms with Crippen molar-refractivity contribution in [2.75, 3.05) is 13.1 Å². The van der Waals surface area contributed by atoms with Gasteiger partial charge in [-0.15, -0.1) is 0 Å². The molecule has 2 heterocycles. The normalized spacial score (nSPS) is 19.1. The molecule has 0 aliphatic carbocycles. The summed E-state index contributed by atoms with van der Waals surface area (Å²) in [5, 5.41) is 0. The summed E-state index contributed by atoms with van der Waals surface area (Å²) in [5.74, 6) is -0.487. The first kappa shape index (κ1) is 16.8. The largest absolute Gasteiger partial charge is 0.472 e. The Kier molecular flexibility index (Phi) is 5.06. The molecule has 128 valence electrons. The third-order valence-electron chi connectivity index (χ3n) is 3.86. The summed E-state index contributed by atoms with van der Waals surface area (Å²) in [6.45, 7) is 0.643. The lowest BCUT2D eigenvalue weighted by Crippen LogP contribution is -2.44. The summed E-state index contributed by atoms with van der Waals surface area (Å²) < 4.78 is 46.0. The molecule has 0 unspecified atom stereocenters. The summed E-state index contributed by atoms with van der Waals surface area (Å²) in [4.78, 5) is 7.96. The average Bonchev–Trinajstić information content (AvgIpc) is 2.58. The van der Waals surface area contributed by atoms with E-state index in [1.807, 2.05) is 0 Å². The third kappa shape index (κ3) is 4.07. The Morgan fingerprint density at radius 3 is 2.88 bits per heavy atom. The zero-order valence-electron chi connectivity index (χ0n) is 13.0. The number of halogens is 1. The standard InChI is InChI=1S/C16H18FN3O3S/c17-15-6-2-1-4-13(15)12-24(21,22)20-9-3-5-14(11-20)23-16-10-18-7-8-19-16/h1-2,4,6-8,10,14H,3,5,9,11-12H2/t14-/m1/s1. The van der Waals surface area contributed by atoms with Gasteiger partial charge in [-0.05, 0) is 18.9 Å². The number of ether oxygens (including phenoxy) is 1. The van der Waals surface area contributed by atoms with Gasteiger partial charge in [-0.3, -0.25) is 4.98 Å². The maximum Gasteiger partial charge on any atom is 0.232 e. The van der Waals surface area contributed by atoms with Crippen molar-refractivity contribution in [1.29, 1.82) is 0 Å². The zero-order chi connectivity index (χ0) is 17.0. The second-order valence-corrected chi connectivity index (χ2v) is 7.60. The molecule has 1 aliphatic heterocycles. The monoisotopic (exact) mass is 351 g/mol. The molecular weight excluding hydrogens is 333 g/mol. The van der Waals surface area contributed by atoms with Gasteiger partial charge < -0.3 is 4.74 Å². The molecular formula is C16H18FN3O3S. The van der Waals surface area contributed by atoms with Gasteiger partial charge in [0.05, 0.1) is 18.5 Å². The zero-order valence-corrected chi connectivity index (χ0v) is 13.8. The van der Waals surface area contributed by atoms with E-state index >= 15 is 0 Å². The Balaban J connectivity index is 1.68. The Morgan fingerprint density at radius 1 is 1.29 bits per heavy atom. The van der Waals surface area contributed by atoms with Crippen molar-refractivity contribution < 1.29 is 17.5 Å². The highest BCUT2D eigenvalue weighted by Gasteiger charge is 2.30. The van der Waals surface area contributed by atoms with Gasteiger partial charge in [0.1, 0.15) is 11.9 Å². The van der Waals surface area contributed by atoms with Crippen LogP contribution in [0.1, 0.15) is 18.4 Å². The molecule has 2 aromatic rings. The fourth-order valence-corrected chi connectivity index (χ4v) is 4.28. The van der Waals surface area contributed by atoms with Crippen LogP contribution in [0.4, 0.5) is 4.39 Å². The number of hydrogen-bond donors (Lipinski definition) is 0. The molecule has 1 aliphatic rings. The number of aromatic nitrogens is 2. The molecule has 0 spiro atoms. The first-order chi connectivity index (χ1) is 11.5. The number of sulfonamides is 1. The van der Waals surface area contributed by atoms with Crippen molar-refractivity contribution in [3.63, 3.8) is 0 Å². The van der Waals surface area contributed by atoms with Crippen LogP contribution in [-0.2, 0) is 15.8 Å². The molecule has 0 radical (unpaired) electrons. The lowest BCUT2D eigenvalue weighted by Gasteiger charge is -2.31. The van der Waals surface area contributed by atoms with Crippen LogP contribution in [0, 0.1) is 5.82 Å². The van der Waals surface area contributed by atoms with E-state index in [0.717, 1.165) is 6.42 Å². The van der Waals surface area contributed by atoms with E-state index in [4.69, 9.17) is 4.74 Å². The van der Waals surface area contributed by atoms with Gasteiger partial charge in [0.25, 0.3) is 0 Å². The highest BCUT2D eigenvalue weighted by molar-refractivity contribution is 7.88. The van der Waals surface area contributed by atoms with E-state index in [9.17, 15) is 12.8 Å². The van der Waals surface area contributed by atoms with Crippen molar-refractivity contribution in [3.8, 4) is 5.88 Å². The van der Waals surface area contributed by atoms with E-state index in [-0.39, 0.29) is 24.0 Å². The molecule has 0 N–H and O–H groups in total. The molecule has 1 atom stereocenters. The van der Waals surface area contributed by atoms with E-state index in [0.29, 0.717) is 18.8 Å². The van der Waals surface area contributed by atoms with E-state index in [1.165, 1.54) is 34.9 Å². The molecule has 0 amide bonds. The van der Waals surface area contributed by atoms with Crippen LogP contribution in [0.5, 0.6) is 5.88 Å². The quantitative estimate of drug-likeness (QED) is 0.824. The fraction of sp³-hybridized carbons (Fsp3) is 0.375. The third-order valence-corrected chi connectivity index (χ3v) is 5.65. The number of piperidine rings is 1. The number of nitrogens with zero attached hydrogens (tertiary/aromatic N) is 3. The van der Waals surface area contributed by atoms with Crippen molar-refractivity contribution >= 4 is 10.0 Å². The second kappa shape index (κ2) is 7.23. The van der Waals surface area contributed by atoms with E-state index < -0.39 is 15.8 Å². The Bertz CT molecular complexity index is 786. The number of benzene rings is 1. The molecule has 24 heavy (non-hydrogen) atoms. The highest BCUT2D eigenvalue weighted by atomic mass is 32.2.